The minimum atomic E-state index is -0.270. The molecule has 1 saturated carbocycles. The van der Waals surface area contributed by atoms with E-state index in [-0.39, 0.29) is 18.0 Å². The highest BCUT2D eigenvalue weighted by Crippen LogP contribution is 2.38. The second-order valence-corrected chi connectivity index (χ2v) is 7.48. The van der Waals surface area contributed by atoms with Crippen LogP contribution in [0.3, 0.4) is 0 Å². The van der Waals surface area contributed by atoms with Crippen molar-refractivity contribution in [3.8, 4) is 5.75 Å². The van der Waals surface area contributed by atoms with Crippen LogP contribution in [-0.4, -0.2) is 11.9 Å². The maximum atomic E-state index is 13.0. The molecular weight excluding hydrogens is 324 g/mol. The van der Waals surface area contributed by atoms with Crippen LogP contribution in [0.25, 0.3) is 0 Å². The van der Waals surface area contributed by atoms with Crippen LogP contribution >= 0.6 is 0 Å². The Balaban J connectivity index is 1.51. The topological polar surface area (TPSA) is 35.5 Å². The molecule has 0 aromatic heterocycles. The fourth-order valence-corrected chi connectivity index (χ4v) is 4.20. The van der Waals surface area contributed by atoms with E-state index in [9.17, 15) is 4.79 Å². The number of rotatable bonds is 4. The second kappa shape index (κ2) is 7.63. The van der Waals surface area contributed by atoms with E-state index in [0.29, 0.717) is 12.5 Å². The van der Waals surface area contributed by atoms with Gasteiger partial charge >= 0.3 is 0 Å². The van der Waals surface area contributed by atoms with Crippen LogP contribution in [-0.2, 0) is 11.3 Å². The van der Waals surface area contributed by atoms with Gasteiger partial charge in [-0.3, -0.25) is 4.79 Å². The zero-order valence-electron chi connectivity index (χ0n) is 15.3. The van der Waals surface area contributed by atoms with Gasteiger partial charge in [-0.1, -0.05) is 49.6 Å². The Bertz CT molecular complexity index is 762. The maximum absolute atomic E-state index is 13.0. The number of ketones is 1. The van der Waals surface area contributed by atoms with E-state index in [2.05, 4.69) is 0 Å². The Hall–Kier alpha value is -2.13. The van der Waals surface area contributed by atoms with E-state index in [1.807, 2.05) is 55.5 Å². The molecule has 0 amide bonds. The molecule has 0 spiro atoms. The van der Waals surface area contributed by atoms with Crippen molar-refractivity contribution in [3.05, 3.63) is 65.2 Å². The van der Waals surface area contributed by atoms with Gasteiger partial charge in [0.25, 0.3) is 0 Å². The number of fused-ring (bicyclic) bond motifs is 1. The number of carbonyl (C=O) groups excluding carboxylic acids is 1. The van der Waals surface area contributed by atoms with E-state index >= 15 is 0 Å². The lowest BCUT2D eigenvalue weighted by atomic mass is 9.80. The van der Waals surface area contributed by atoms with Gasteiger partial charge in [-0.15, -0.1) is 0 Å². The van der Waals surface area contributed by atoms with Crippen molar-refractivity contribution >= 4 is 5.78 Å². The third kappa shape index (κ3) is 3.54. The smallest absolute Gasteiger partial charge is 0.192 e. The Labute approximate surface area is 155 Å². The average Bonchev–Trinajstić information content (AvgIpc) is 2.70. The first-order chi connectivity index (χ1) is 12.7. The Morgan fingerprint density at radius 3 is 2.58 bits per heavy atom. The van der Waals surface area contributed by atoms with Crippen LogP contribution in [0.4, 0.5) is 0 Å². The first-order valence-electron chi connectivity index (χ1n) is 9.73. The van der Waals surface area contributed by atoms with Gasteiger partial charge in [0.1, 0.15) is 18.5 Å². The number of carbonyl (C=O) groups is 1. The van der Waals surface area contributed by atoms with Gasteiger partial charge in [0.2, 0.25) is 0 Å². The fraction of sp³-hybridized carbons (Fsp3) is 0.435. The molecule has 2 aromatic rings. The summed E-state index contributed by atoms with van der Waals surface area (Å²) in [6.07, 6.45) is 5.58. The van der Waals surface area contributed by atoms with E-state index in [1.165, 1.54) is 19.3 Å². The first-order valence-corrected chi connectivity index (χ1v) is 9.73. The molecule has 2 aliphatic rings. The van der Waals surface area contributed by atoms with Crippen molar-refractivity contribution in [2.45, 2.75) is 57.8 Å². The standard InChI is InChI=1S/C23H26O3/c1-16-21-14-19(25-15-17-8-4-2-5-9-17)12-13-20(21)22(24)23(26-16)18-10-6-3-7-11-18/h2,4-5,8-9,12-14,16,18,23H,3,6-7,10-11,15H2,1H3/t16-,23-/m0/s1. The van der Waals surface area contributed by atoms with Gasteiger partial charge in [-0.05, 0) is 55.0 Å². The van der Waals surface area contributed by atoms with Crippen LogP contribution in [0.1, 0.15) is 66.6 Å². The molecule has 0 saturated heterocycles. The van der Waals surface area contributed by atoms with Gasteiger partial charge in [-0.2, -0.15) is 0 Å². The largest absolute Gasteiger partial charge is 0.489 e. The number of Topliss-reactive ketones (excluding diaryl/α,β-unsaturated/α-hetero) is 1. The quantitative estimate of drug-likeness (QED) is 0.731. The highest BCUT2D eigenvalue weighted by atomic mass is 16.5. The molecular formula is C23H26O3. The molecule has 1 aliphatic heterocycles. The van der Waals surface area contributed by atoms with Crippen LogP contribution < -0.4 is 4.74 Å². The molecule has 2 aromatic carbocycles. The highest BCUT2D eigenvalue weighted by molar-refractivity contribution is 6.02. The first kappa shape index (κ1) is 17.3. The molecule has 0 N–H and O–H groups in total. The molecule has 26 heavy (non-hydrogen) atoms. The van der Waals surface area contributed by atoms with Gasteiger partial charge < -0.3 is 9.47 Å². The predicted molar refractivity (Wildman–Crippen MR) is 101 cm³/mol. The molecule has 1 fully saturated rings. The van der Waals surface area contributed by atoms with E-state index < -0.39 is 0 Å². The van der Waals surface area contributed by atoms with Crippen LogP contribution in [0.2, 0.25) is 0 Å². The van der Waals surface area contributed by atoms with Crippen LogP contribution in [0.5, 0.6) is 5.75 Å². The fourth-order valence-electron chi connectivity index (χ4n) is 4.20. The highest BCUT2D eigenvalue weighted by Gasteiger charge is 2.38. The summed E-state index contributed by atoms with van der Waals surface area (Å²) in [5.41, 5.74) is 2.89. The van der Waals surface area contributed by atoms with Gasteiger partial charge in [-0.25, -0.2) is 0 Å². The molecule has 3 heteroatoms. The summed E-state index contributed by atoms with van der Waals surface area (Å²) in [5, 5.41) is 0. The SMILES string of the molecule is C[C@@H]1O[C@@H](C2CCCCC2)C(=O)c2ccc(OCc3ccccc3)cc21. The summed E-state index contributed by atoms with van der Waals surface area (Å²) in [5.74, 6) is 1.31. The van der Waals surface area contributed by atoms with E-state index in [1.54, 1.807) is 0 Å². The summed E-state index contributed by atoms with van der Waals surface area (Å²) >= 11 is 0. The Morgan fingerprint density at radius 2 is 1.81 bits per heavy atom. The molecule has 136 valence electrons. The summed E-state index contributed by atoms with van der Waals surface area (Å²) in [6, 6.07) is 15.9. The number of hydrogen-bond donors (Lipinski definition) is 0. The van der Waals surface area contributed by atoms with Crippen LogP contribution in [0, 0.1) is 5.92 Å². The minimum absolute atomic E-state index is 0.0742. The summed E-state index contributed by atoms with van der Waals surface area (Å²) in [6.45, 7) is 2.57. The molecule has 0 radical (unpaired) electrons. The summed E-state index contributed by atoms with van der Waals surface area (Å²) in [4.78, 5) is 13.0. The summed E-state index contributed by atoms with van der Waals surface area (Å²) < 4.78 is 12.1. The Morgan fingerprint density at radius 1 is 1.04 bits per heavy atom. The van der Waals surface area contributed by atoms with Crippen LogP contribution in [0.15, 0.2) is 48.5 Å². The number of benzene rings is 2. The van der Waals surface area contributed by atoms with Gasteiger partial charge in [0.05, 0.1) is 6.10 Å². The van der Waals surface area contributed by atoms with Crippen molar-refractivity contribution < 1.29 is 14.3 Å². The molecule has 1 aliphatic carbocycles. The lowest BCUT2D eigenvalue weighted by Crippen LogP contribution is -2.38. The van der Waals surface area contributed by atoms with Crippen molar-refractivity contribution in [1.29, 1.82) is 0 Å². The van der Waals surface area contributed by atoms with Gasteiger partial charge in [0, 0.05) is 5.56 Å². The molecule has 2 atom stereocenters. The normalized spacial score (nSPS) is 23.5. The summed E-state index contributed by atoms with van der Waals surface area (Å²) in [7, 11) is 0. The molecule has 3 nitrogen and oxygen atoms in total. The zero-order valence-corrected chi connectivity index (χ0v) is 15.3. The molecule has 0 unspecified atom stereocenters. The maximum Gasteiger partial charge on any atom is 0.192 e. The Kier molecular flexibility index (Phi) is 5.07. The van der Waals surface area contributed by atoms with Gasteiger partial charge in [0.15, 0.2) is 5.78 Å². The van der Waals surface area contributed by atoms with Crippen molar-refractivity contribution in [2.75, 3.05) is 0 Å². The second-order valence-electron chi connectivity index (χ2n) is 7.48. The molecule has 1 heterocycles. The third-order valence-corrected chi connectivity index (χ3v) is 5.66. The zero-order chi connectivity index (χ0) is 17.9. The predicted octanol–water partition coefficient (Wildman–Crippen LogP) is 5.49. The van der Waals surface area contributed by atoms with E-state index in [4.69, 9.17) is 9.47 Å². The van der Waals surface area contributed by atoms with Crippen molar-refractivity contribution in [1.82, 2.24) is 0 Å². The number of ether oxygens (including phenoxy) is 2. The average molecular weight is 350 g/mol. The van der Waals surface area contributed by atoms with Crippen molar-refractivity contribution in [3.63, 3.8) is 0 Å². The monoisotopic (exact) mass is 350 g/mol. The van der Waals surface area contributed by atoms with Crippen molar-refractivity contribution in [2.24, 2.45) is 5.92 Å². The lowest BCUT2D eigenvalue weighted by molar-refractivity contribution is -0.0368. The minimum Gasteiger partial charge on any atom is -0.489 e. The van der Waals surface area contributed by atoms with E-state index in [0.717, 1.165) is 35.3 Å². The molecule has 0 bridgehead atoms. The third-order valence-electron chi connectivity index (χ3n) is 5.66. The lowest BCUT2D eigenvalue weighted by Gasteiger charge is -2.35. The number of hydrogen-bond acceptors (Lipinski definition) is 3. The molecule has 4 rings (SSSR count).